The molecule has 0 aliphatic carbocycles. The molecule has 1 atom stereocenters. The minimum absolute atomic E-state index is 0. The molecule has 0 aromatic carbocycles. The van der Waals surface area contributed by atoms with E-state index in [4.69, 9.17) is 4.52 Å². The van der Waals surface area contributed by atoms with Crippen LogP contribution < -0.4 is 10.6 Å². The van der Waals surface area contributed by atoms with Crippen LogP contribution in [0.2, 0.25) is 0 Å². The van der Waals surface area contributed by atoms with E-state index in [1.54, 1.807) is 0 Å². The van der Waals surface area contributed by atoms with Crippen molar-refractivity contribution in [2.75, 3.05) is 25.0 Å². The molecule has 1 aliphatic rings. The van der Waals surface area contributed by atoms with Gasteiger partial charge in [-0.25, -0.2) is 4.98 Å². The maximum absolute atomic E-state index is 5.41. The van der Waals surface area contributed by atoms with Gasteiger partial charge in [0.2, 0.25) is 11.7 Å². The minimum atomic E-state index is 0. The third-order valence-corrected chi connectivity index (χ3v) is 4.71. The molecule has 6 nitrogen and oxygen atoms in total. The SMILES string of the molecule is CCCCCCCCNc1ccc(-c2noc([C@@H]3CCNC3)n2)cn1.Cl. The molecule has 144 valence electrons. The summed E-state index contributed by atoms with van der Waals surface area (Å²) in [6.45, 7) is 5.15. The van der Waals surface area contributed by atoms with Crippen LogP contribution in [0.5, 0.6) is 0 Å². The zero-order valence-corrected chi connectivity index (χ0v) is 16.4. The summed E-state index contributed by atoms with van der Waals surface area (Å²) in [6, 6.07) is 3.98. The summed E-state index contributed by atoms with van der Waals surface area (Å²) in [4.78, 5) is 8.99. The number of halogens is 1. The van der Waals surface area contributed by atoms with E-state index in [1.165, 1.54) is 38.5 Å². The van der Waals surface area contributed by atoms with Gasteiger partial charge in [0.1, 0.15) is 5.82 Å². The first-order valence-electron chi connectivity index (χ1n) is 9.61. The van der Waals surface area contributed by atoms with Gasteiger partial charge in [-0.05, 0) is 31.5 Å². The Labute approximate surface area is 162 Å². The fourth-order valence-corrected chi connectivity index (χ4v) is 3.14. The van der Waals surface area contributed by atoms with Gasteiger partial charge < -0.3 is 15.2 Å². The molecule has 1 fully saturated rings. The van der Waals surface area contributed by atoms with Crippen molar-refractivity contribution in [2.45, 2.75) is 57.8 Å². The molecule has 0 saturated carbocycles. The van der Waals surface area contributed by atoms with Gasteiger partial charge in [-0.15, -0.1) is 12.4 Å². The highest BCUT2D eigenvalue weighted by Gasteiger charge is 2.23. The highest BCUT2D eigenvalue weighted by molar-refractivity contribution is 5.85. The fraction of sp³-hybridized carbons (Fsp3) is 0.632. The van der Waals surface area contributed by atoms with Crippen molar-refractivity contribution in [3.63, 3.8) is 0 Å². The summed E-state index contributed by atoms with van der Waals surface area (Å²) in [5.74, 6) is 2.59. The van der Waals surface area contributed by atoms with Crippen LogP contribution in [0.4, 0.5) is 5.82 Å². The van der Waals surface area contributed by atoms with Gasteiger partial charge in [0.05, 0.1) is 5.92 Å². The zero-order valence-electron chi connectivity index (χ0n) is 15.5. The largest absolute Gasteiger partial charge is 0.370 e. The van der Waals surface area contributed by atoms with E-state index in [9.17, 15) is 0 Å². The molecule has 2 aromatic heterocycles. The number of nitrogens with one attached hydrogen (secondary N) is 2. The monoisotopic (exact) mass is 379 g/mol. The third-order valence-electron chi connectivity index (χ3n) is 4.71. The van der Waals surface area contributed by atoms with E-state index in [0.717, 1.165) is 43.3 Å². The van der Waals surface area contributed by atoms with E-state index in [1.807, 2.05) is 18.3 Å². The Morgan fingerprint density at radius 2 is 2.04 bits per heavy atom. The predicted octanol–water partition coefficient (Wildman–Crippen LogP) is 4.40. The number of rotatable bonds is 10. The second-order valence-corrected chi connectivity index (χ2v) is 6.77. The quantitative estimate of drug-likeness (QED) is 0.596. The Morgan fingerprint density at radius 1 is 1.19 bits per heavy atom. The van der Waals surface area contributed by atoms with Gasteiger partial charge >= 0.3 is 0 Å². The molecule has 7 heteroatoms. The number of hydrogen-bond acceptors (Lipinski definition) is 6. The van der Waals surface area contributed by atoms with Crippen LogP contribution in [0.15, 0.2) is 22.9 Å². The van der Waals surface area contributed by atoms with Crippen molar-refractivity contribution in [1.29, 1.82) is 0 Å². The molecule has 0 spiro atoms. The van der Waals surface area contributed by atoms with Crippen LogP contribution in [0.1, 0.15) is 63.7 Å². The minimum Gasteiger partial charge on any atom is -0.370 e. The van der Waals surface area contributed by atoms with Gasteiger partial charge in [0.15, 0.2) is 0 Å². The summed E-state index contributed by atoms with van der Waals surface area (Å²) in [6.07, 6.45) is 10.7. The molecule has 2 aromatic rings. The fourth-order valence-electron chi connectivity index (χ4n) is 3.14. The Hall–Kier alpha value is -1.66. The number of pyridine rings is 1. The first kappa shape index (κ1) is 20.6. The second-order valence-electron chi connectivity index (χ2n) is 6.77. The van der Waals surface area contributed by atoms with E-state index in [0.29, 0.717) is 11.7 Å². The zero-order chi connectivity index (χ0) is 17.3. The van der Waals surface area contributed by atoms with Crippen LogP contribution in [0.25, 0.3) is 11.4 Å². The average molecular weight is 380 g/mol. The van der Waals surface area contributed by atoms with Gasteiger partial charge in [-0.3, -0.25) is 0 Å². The third kappa shape index (κ3) is 5.95. The first-order chi connectivity index (χ1) is 12.4. The van der Waals surface area contributed by atoms with Gasteiger partial charge in [0, 0.05) is 24.8 Å². The lowest BCUT2D eigenvalue weighted by Crippen LogP contribution is -2.08. The number of nitrogens with zero attached hydrogens (tertiary/aromatic N) is 3. The van der Waals surface area contributed by atoms with Crippen LogP contribution in [0.3, 0.4) is 0 Å². The van der Waals surface area contributed by atoms with Crippen molar-refractivity contribution in [1.82, 2.24) is 20.4 Å². The molecule has 0 amide bonds. The maximum atomic E-state index is 5.41. The standard InChI is InChI=1S/C19H29N5O.ClH/c1-2-3-4-5-6-7-11-21-17-9-8-15(14-22-17)18-23-19(25-24-18)16-10-12-20-13-16;/h8-9,14,16,20H,2-7,10-13H2,1H3,(H,21,22);1H/t16-;/m1./s1. The molecule has 1 saturated heterocycles. The summed E-state index contributed by atoms with van der Waals surface area (Å²) >= 11 is 0. The molecule has 26 heavy (non-hydrogen) atoms. The van der Waals surface area contributed by atoms with Crippen molar-refractivity contribution in [3.8, 4) is 11.4 Å². The van der Waals surface area contributed by atoms with E-state index < -0.39 is 0 Å². The highest BCUT2D eigenvalue weighted by atomic mass is 35.5. The Bertz CT molecular complexity index is 625. The normalized spacial score (nSPS) is 16.4. The molecular formula is C19H30ClN5O. The Balaban J connectivity index is 0.00000243. The van der Waals surface area contributed by atoms with Crippen molar-refractivity contribution >= 4 is 18.2 Å². The van der Waals surface area contributed by atoms with Crippen LogP contribution in [-0.4, -0.2) is 34.8 Å². The van der Waals surface area contributed by atoms with E-state index >= 15 is 0 Å². The smallest absolute Gasteiger partial charge is 0.231 e. The first-order valence-corrected chi connectivity index (χ1v) is 9.61. The summed E-state index contributed by atoms with van der Waals surface area (Å²) < 4.78 is 5.41. The van der Waals surface area contributed by atoms with Crippen molar-refractivity contribution < 1.29 is 4.52 Å². The van der Waals surface area contributed by atoms with Crippen LogP contribution in [-0.2, 0) is 0 Å². The molecular weight excluding hydrogens is 350 g/mol. The number of unbranched alkanes of at least 4 members (excludes halogenated alkanes) is 5. The molecule has 3 heterocycles. The van der Waals surface area contributed by atoms with Gasteiger partial charge in [-0.2, -0.15) is 4.98 Å². The molecule has 3 rings (SSSR count). The second kappa shape index (κ2) is 11.1. The van der Waals surface area contributed by atoms with Crippen LogP contribution in [0, 0.1) is 0 Å². The maximum Gasteiger partial charge on any atom is 0.231 e. The molecule has 0 radical (unpaired) electrons. The highest BCUT2D eigenvalue weighted by Crippen LogP contribution is 2.23. The van der Waals surface area contributed by atoms with Gasteiger partial charge in [-0.1, -0.05) is 44.2 Å². The van der Waals surface area contributed by atoms with Crippen molar-refractivity contribution in [3.05, 3.63) is 24.2 Å². The number of anilines is 1. The van der Waals surface area contributed by atoms with E-state index in [-0.39, 0.29) is 12.4 Å². The van der Waals surface area contributed by atoms with Crippen LogP contribution >= 0.6 is 12.4 Å². The molecule has 2 N–H and O–H groups in total. The number of aromatic nitrogens is 3. The summed E-state index contributed by atoms with van der Waals surface area (Å²) in [7, 11) is 0. The van der Waals surface area contributed by atoms with Crippen molar-refractivity contribution in [2.24, 2.45) is 0 Å². The van der Waals surface area contributed by atoms with Gasteiger partial charge in [0.25, 0.3) is 0 Å². The topological polar surface area (TPSA) is 75.9 Å². The Morgan fingerprint density at radius 3 is 2.77 bits per heavy atom. The average Bonchev–Trinajstić information content (AvgIpc) is 3.33. The number of hydrogen-bond donors (Lipinski definition) is 2. The summed E-state index contributed by atoms with van der Waals surface area (Å²) in [5.41, 5.74) is 0.895. The lowest BCUT2D eigenvalue weighted by atomic mass is 10.1. The predicted molar refractivity (Wildman–Crippen MR) is 107 cm³/mol. The molecule has 1 aliphatic heterocycles. The molecule has 0 bridgehead atoms. The molecule has 0 unspecified atom stereocenters. The summed E-state index contributed by atoms with van der Waals surface area (Å²) in [5, 5.41) is 10.8. The lowest BCUT2D eigenvalue weighted by Gasteiger charge is -2.05. The van der Waals surface area contributed by atoms with E-state index in [2.05, 4.69) is 32.7 Å². The Kier molecular flexibility index (Phi) is 8.85. The lowest BCUT2D eigenvalue weighted by molar-refractivity contribution is 0.359.